The molecule has 1 N–H and O–H groups in total. The van der Waals surface area contributed by atoms with Crippen LogP contribution in [0.2, 0.25) is 0 Å². The molecule has 0 fully saturated rings. The minimum Gasteiger partial charge on any atom is -0.264 e. The van der Waals surface area contributed by atoms with E-state index < -0.39 is 17.0 Å². The lowest BCUT2D eigenvalue weighted by Crippen LogP contribution is -2.02. The maximum atomic E-state index is 9.63. The third kappa shape index (κ3) is 11.7. The summed E-state index contributed by atoms with van der Waals surface area (Å²) in [5.74, 6) is 1.86. The third-order valence-corrected chi connectivity index (χ3v) is 0.707. The van der Waals surface area contributed by atoms with Gasteiger partial charge in [0, 0.05) is 0 Å². The highest BCUT2D eigenvalue weighted by Crippen LogP contribution is 1.81. The zero-order valence-corrected chi connectivity index (χ0v) is 4.68. The second-order valence-electron chi connectivity index (χ2n) is 0.894. The highest BCUT2D eigenvalue weighted by molar-refractivity contribution is 7.80. The molecular formula is C3H6MgO4S. The van der Waals surface area contributed by atoms with Crippen LogP contribution < -0.4 is 0 Å². The van der Waals surface area contributed by atoms with Gasteiger partial charge in [-0.1, -0.05) is 5.92 Å². The predicted octanol–water partition coefficient (Wildman–Crippen LogP) is -1.48. The summed E-state index contributed by atoms with van der Waals surface area (Å²) in [7, 11) is -4.33. The molecule has 0 unspecified atom stereocenters. The Hall–Kier alpha value is 0.196. The monoisotopic (exact) mass is 162 g/mol. The Morgan fingerprint density at radius 2 is 2.11 bits per heavy atom. The van der Waals surface area contributed by atoms with Crippen molar-refractivity contribution in [2.45, 2.75) is 0 Å². The van der Waals surface area contributed by atoms with Crippen LogP contribution in [0.4, 0.5) is 0 Å². The van der Waals surface area contributed by atoms with Crippen LogP contribution in [0, 0.1) is 12.3 Å². The summed E-state index contributed by atoms with van der Waals surface area (Å²) in [6, 6.07) is 0. The lowest BCUT2D eigenvalue weighted by molar-refractivity contribution is 0.300. The quantitative estimate of drug-likeness (QED) is 0.306. The van der Waals surface area contributed by atoms with E-state index in [1.807, 2.05) is 5.92 Å². The van der Waals surface area contributed by atoms with Crippen LogP contribution in [0.3, 0.4) is 0 Å². The van der Waals surface area contributed by atoms with Gasteiger partial charge in [-0.3, -0.25) is 4.55 Å². The van der Waals surface area contributed by atoms with Crippen molar-refractivity contribution in [1.82, 2.24) is 0 Å². The summed E-state index contributed by atoms with van der Waals surface area (Å²) < 4.78 is 30.7. The SMILES string of the molecule is C#CCOS(=O)(=O)O.[MgH2]. The Morgan fingerprint density at radius 3 is 2.22 bits per heavy atom. The average Bonchev–Trinajstić information content (AvgIpc) is 1.59. The molecule has 0 rings (SSSR count). The van der Waals surface area contributed by atoms with Crippen LogP contribution in [0.5, 0.6) is 0 Å². The molecule has 0 saturated heterocycles. The Kier molecular flexibility index (Phi) is 6.65. The normalized spacial score (nSPS) is 9.33. The molecule has 0 spiro atoms. The summed E-state index contributed by atoms with van der Waals surface area (Å²) in [4.78, 5) is 0. The first-order valence-electron chi connectivity index (χ1n) is 1.61. The lowest BCUT2D eigenvalue weighted by atomic mass is 10.8. The first-order valence-corrected chi connectivity index (χ1v) is 2.98. The van der Waals surface area contributed by atoms with Gasteiger partial charge in [-0.15, -0.1) is 6.42 Å². The van der Waals surface area contributed by atoms with E-state index in [4.69, 9.17) is 4.55 Å². The van der Waals surface area contributed by atoms with Gasteiger partial charge in [-0.25, -0.2) is 4.18 Å². The fourth-order valence-corrected chi connectivity index (χ4v) is 0.325. The summed E-state index contributed by atoms with van der Waals surface area (Å²) in [6.45, 7) is -0.432. The average molecular weight is 162 g/mol. The van der Waals surface area contributed by atoms with Crippen LogP contribution in [-0.2, 0) is 14.6 Å². The zero-order chi connectivity index (χ0) is 6.62. The molecule has 6 heteroatoms. The molecule has 0 atom stereocenters. The van der Waals surface area contributed by atoms with Crippen LogP contribution >= 0.6 is 0 Å². The van der Waals surface area contributed by atoms with Crippen molar-refractivity contribution in [3.8, 4) is 12.3 Å². The van der Waals surface area contributed by atoms with Crippen molar-refractivity contribution in [2.75, 3.05) is 6.61 Å². The minimum atomic E-state index is -4.33. The van der Waals surface area contributed by atoms with E-state index in [9.17, 15) is 8.42 Å². The first-order chi connectivity index (χ1) is 3.56. The number of terminal acetylenes is 1. The summed E-state index contributed by atoms with van der Waals surface area (Å²) in [6.07, 6.45) is 4.59. The topological polar surface area (TPSA) is 63.6 Å². The molecule has 0 aliphatic rings. The maximum Gasteiger partial charge on any atom is 0.398 e. The molecule has 9 heavy (non-hydrogen) atoms. The van der Waals surface area contributed by atoms with Crippen molar-refractivity contribution in [2.24, 2.45) is 0 Å². The minimum absolute atomic E-state index is 0. The number of rotatable bonds is 2. The van der Waals surface area contributed by atoms with Gasteiger partial charge < -0.3 is 0 Å². The first kappa shape index (κ1) is 11.9. The smallest absolute Gasteiger partial charge is 0.264 e. The van der Waals surface area contributed by atoms with Gasteiger partial charge in [0.25, 0.3) is 0 Å². The van der Waals surface area contributed by atoms with Gasteiger partial charge in [-0.05, 0) is 0 Å². The van der Waals surface area contributed by atoms with Crippen molar-refractivity contribution < 1.29 is 17.2 Å². The molecule has 0 aliphatic carbocycles. The van der Waals surface area contributed by atoms with Crippen LogP contribution in [-0.4, -0.2) is 42.6 Å². The van der Waals surface area contributed by atoms with Gasteiger partial charge >= 0.3 is 33.5 Å². The summed E-state index contributed by atoms with van der Waals surface area (Å²) >= 11 is 0. The van der Waals surface area contributed by atoms with Crippen molar-refractivity contribution >= 4 is 33.5 Å². The molecule has 0 aliphatic heterocycles. The van der Waals surface area contributed by atoms with E-state index in [2.05, 4.69) is 10.6 Å². The lowest BCUT2D eigenvalue weighted by Gasteiger charge is -1.88. The largest absolute Gasteiger partial charge is 0.398 e. The Bertz CT molecular complexity index is 188. The van der Waals surface area contributed by atoms with Gasteiger partial charge in [0.1, 0.15) is 6.61 Å². The van der Waals surface area contributed by atoms with Gasteiger partial charge in [0.2, 0.25) is 0 Å². The number of hydrogen-bond acceptors (Lipinski definition) is 3. The molecule has 50 valence electrons. The maximum absolute atomic E-state index is 9.63. The second-order valence-corrected chi connectivity index (χ2v) is 1.99. The molecule has 0 radical (unpaired) electrons. The summed E-state index contributed by atoms with van der Waals surface area (Å²) in [5, 5.41) is 0. The molecule has 4 nitrogen and oxygen atoms in total. The van der Waals surface area contributed by atoms with Gasteiger partial charge in [0.15, 0.2) is 0 Å². The second kappa shape index (κ2) is 5.02. The van der Waals surface area contributed by atoms with E-state index in [0.717, 1.165) is 0 Å². The molecule has 0 aromatic rings. The predicted molar refractivity (Wildman–Crippen MR) is 34.9 cm³/mol. The number of hydrogen-bond donors (Lipinski definition) is 1. The standard InChI is InChI=1S/C3H4O4S.Mg.2H/c1-2-3-7-8(4,5)6;;;/h1H,3H2,(H,4,5,6);;;. The highest BCUT2D eigenvalue weighted by Gasteiger charge is 1.99. The summed E-state index contributed by atoms with van der Waals surface area (Å²) in [5.41, 5.74) is 0. The van der Waals surface area contributed by atoms with E-state index in [-0.39, 0.29) is 23.1 Å². The molecule has 0 aromatic heterocycles. The molecular weight excluding hydrogens is 156 g/mol. The Labute approximate surface area is 69.7 Å². The van der Waals surface area contributed by atoms with E-state index in [1.165, 1.54) is 0 Å². The molecule has 0 aromatic carbocycles. The van der Waals surface area contributed by atoms with Crippen LogP contribution in [0.15, 0.2) is 0 Å². The Balaban J connectivity index is 0. The van der Waals surface area contributed by atoms with Crippen LogP contribution in [0.1, 0.15) is 0 Å². The van der Waals surface area contributed by atoms with Crippen molar-refractivity contribution in [3.63, 3.8) is 0 Å². The van der Waals surface area contributed by atoms with Gasteiger partial charge in [0.05, 0.1) is 0 Å². The van der Waals surface area contributed by atoms with E-state index in [1.54, 1.807) is 0 Å². The van der Waals surface area contributed by atoms with Crippen molar-refractivity contribution in [1.29, 1.82) is 0 Å². The zero-order valence-electron chi connectivity index (χ0n) is 3.86. The highest BCUT2D eigenvalue weighted by atomic mass is 32.3. The van der Waals surface area contributed by atoms with E-state index >= 15 is 0 Å². The van der Waals surface area contributed by atoms with Gasteiger partial charge in [-0.2, -0.15) is 8.42 Å². The van der Waals surface area contributed by atoms with E-state index in [0.29, 0.717) is 0 Å². The fraction of sp³-hybridized carbons (Fsp3) is 0.333. The molecule has 0 amide bonds. The fourth-order valence-electron chi connectivity index (χ4n) is 0.108. The Morgan fingerprint density at radius 1 is 1.67 bits per heavy atom. The van der Waals surface area contributed by atoms with Crippen LogP contribution in [0.25, 0.3) is 0 Å². The molecule has 0 saturated carbocycles. The third-order valence-electron chi connectivity index (χ3n) is 0.291. The van der Waals surface area contributed by atoms with Crippen molar-refractivity contribution in [3.05, 3.63) is 0 Å². The molecule has 0 heterocycles. The molecule has 0 bridgehead atoms.